The van der Waals surface area contributed by atoms with Crippen molar-refractivity contribution in [2.45, 2.75) is 33.2 Å². The Morgan fingerprint density at radius 3 is 2.36 bits per heavy atom. The molecule has 0 saturated carbocycles. The number of aryl methyl sites for hydroxylation is 1. The Labute approximate surface area is 132 Å². The van der Waals surface area contributed by atoms with Crippen molar-refractivity contribution in [2.75, 3.05) is 24.2 Å². The summed E-state index contributed by atoms with van der Waals surface area (Å²) in [5, 5.41) is 2.76. The van der Waals surface area contributed by atoms with E-state index in [9.17, 15) is 13.2 Å². The van der Waals surface area contributed by atoms with Crippen molar-refractivity contribution in [3.8, 4) is 5.75 Å². The molecule has 1 rings (SSSR count). The highest BCUT2D eigenvalue weighted by Gasteiger charge is 2.25. The van der Waals surface area contributed by atoms with E-state index in [4.69, 9.17) is 4.74 Å². The Bertz CT molecular complexity index is 648. The molecule has 0 unspecified atom stereocenters. The third-order valence-electron chi connectivity index (χ3n) is 2.81. The van der Waals surface area contributed by atoms with Crippen LogP contribution in [0.25, 0.3) is 0 Å². The zero-order valence-corrected chi connectivity index (χ0v) is 14.7. The summed E-state index contributed by atoms with van der Waals surface area (Å²) in [6, 6.07) is 5.19. The summed E-state index contributed by atoms with van der Waals surface area (Å²) in [4.78, 5) is 12.1. The molecule has 0 radical (unpaired) electrons. The van der Waals surface area contributed by atoms with Crippen LogP contribution in [-0.4, -0.2) is 39.8 Å². The minimum absolute atomic E-state index is 0.296. The van der Waals surface area contributed by atoms with Crippen LogP contribution in [0.2, 0.25) is 0 Å². The van der Waals surface area contributed by atoms with Crippen molar-refractivity contribution in [1.82, 2.24) is 5.32 Å². The van der Waals surface area contributed by atoms with Crippen LogP contribution in [0, 0.1) is 6.92 Å². The van der Waals surface area contributed by atoms with Gasteiger partial charge in [0.25, 0.3) is 0 Å². The number of hydrogen-bond acceptors (Lipinski definition) is 4. The van der Waals surface area contributed by atoms with Crippen LogP contribution in [0.3, 0.4) is 0 Å². The highest BCUT2D eigenvalue weighted by Crippen LogP contribution is 2.30. The maximum atomic E-state index is 12.1. The van der Waals surface area contributed by atoms with Crippen LogP contribution >= 0.6 is 0 Å². The van der Waals surface area contributed by atoms with Crippen LogP contribution in [-0.2, 0) is 14.8 Å². The molecule has 0 bridgehead atoms. The first-order valence-electron chi connectivity index (χ1n) is 6.87. The summed E-state index contributed by atoms with van der Waals surface area (Å²) in [6.07, 6.45) is 1.07. The van der Waals surface area contributed by atoms with Crippen LogP contribution in [0.4, 0.5) is 5.69 Å². The number of amides is 1. The maximum Gasteiger partial charge on any atom is 0.241 e. The van der Waals surface area contributed by atoms with Gasteiger partial charge in [-0.3, -0.25) is 9.10 Å². The zero-order valence-electron chi connectivity index (χ0n) is 13.9. The third kappa shape index (κ3) is 5.22. The van der Waals surface area contributed by atoms with Gasteiger partial charge >= 0.3 is 0 Å². The molecule has 0 heterocycles. The van der Waals surface area contributed by atoms with E-state index in [1.807, 2.05) is 33.8 Å². The Hall–Kier alpha value is -1.76. The maximum absolute atomic E-state index is 12.1. The molecule has 0 aliphatic heterocycles. The van der Waals surface area contributed by atoms with Gasteiger partial charge in [-0.1, -0.05) is 6.07 Å². The number of ether oxygens (including phenoxy) is 1. The monoisotopic (exact) mass is 328 g/mol. The number of rotatable bonds is 5. The SMILES string of the molecule is COc1ccc(C)cc1N(CC(=O)NC(C)(C)C)S(C)(=O)=O. The number of sulfonamides is 1. The number of benzene rings is 1. The van der Waals surface area contributed by atoms with Gasteiger partial charge in [0.1, 0.15) is 12.3 Å². The van der Waals surface area contributed by atoms with Crippen molar-refractivity contribution >= 4 is 21.6 Å². The standard InChI is InChI=1S/C15H24N2O4S/c1-11-7-8-13(21-5)12(9-11)17(22(6,19)20)10-14(18)16-15(2,3)4/h7-9H,10H2,1-6H3,(H,16,18). The van der Waals surface area contributed by atoms with Gasteiger partial charge in [-0.2, -0.15) is 0 Å². The molecule has 0 fully saturated rings. The average Bonchev–Trinajstić information content (AvgIpc) is 2.32. The highest BCUT2D eigenvalue weighted by molar-refractivity contribution is 7.92. The molecule has 1 N–H and O–H groups in total. The van der Waals surface area contributed by atoms with Crippen LogP contribution < -0.4 is 14.4 Å². The van der Waals surface area contributed by atoms with Crippen molar-refractivity contribution in [1.29, 1.82) is 0 Å². The minimum Gasteiger partial charge on any atom is -0.495 e. The first-order valence-corrected chi connectivity index (χ1v) is 8.72. The Morgan fingerprint density at radius 1 is 1.32 bits per heavy atom. The molecule has 0 aliphatic carbocycles. The van der Waals surface area contributed by atoms with Gasteiger partial charge in [0, 0.05) is 5.54 Å². The van der Waals surface area contributed by atoms with Crippen LogP contribution in [0.15, 0.2) is 18.2 Å². The third-order valence-corrected chi connectivity index (χ3v) is 3.93. The van der Waals surface area contributed by atoms with Crippen molar-refractivity contribution < 1.29 is 17.9 Å². The lowest BCUT2D eigenvalue weighted by atomic mass is 10.1. The smallest absolute Gasteiger partial charge is 0.241 e. The number of nitrogens with zero attached hydrogens (tertiary/aromatic N) is 1. The Balaban J connectivity index is 3.21. The van der Waals surface area contributed by atoms with E-state index in [0.29, 0.717) is 11.4 Å². The highest BCUT2D eigenvalue weighted by atomic mass is 32.2. The predicted octanol–water partition coefficient (Wildman–Crippen LogP) is 1.68. The molecule has 0 spiro atoms. The second-order valence-electron chi connectivity index (χ2n) is 6.24. The number of methoxy groups -OCH3 is 1. The van der Waals surface area contributed by atoms with Gasteiger partial charge in [0.2, 0.25) is 15.9 Å². The van der Waals surface area contributed by atoms with E-state index in [0.717, 1.165) is 16.1 Å². The lowest BCUT2D eigenvalue weighted by molar-refractivity contribution is -0.121. The average molecular weight is 328 g/mol. The molecule has 1 aromatic carbocycles. The second kappa shape index (κ2) is 6.56. The van der Waals surface area contributed by atoms with Gasteiger partial charge in [0.15, 0.2) is 0 Å². The van der Waals surface area contributed by atoms with Crippen molar-refractivity contribution in [2.24, 2.45) is 0 Å². The first kappa shape index (κ1) is 18.3. The van der Waals surface area contributed by atoms with Gasteiger partial charge in [-0.05, 0) is 45.4 Å². The van der Waals surface area contributed by atoms with E-state index in [1.165, 1.54) is 7.11 Å². The molecule has 22 heavy (non-hydrogen) atoms. The lowest BCUT2D eigenvalue weighted by Gasteiger charge is -2.27. The van der Waals surface area contributed by atoms with Crippen LogP contribution in [0.1, 0.15) is 26.3 Å². The molecule has 0 saturated heterocycles. The summed E-state index contributed by atoms with van der Waals surface area (Å²) in [5.74, 6) is 0.0288. The molecule has 0 aromatic heterocycles. The number of carbonyl (C=O) groups is 1. The van der Waals surface area contributed by atoms with Crippen LogP contribution in [0.5, 0.6) is 5.75 Å². The minimum atomic E-state index is -3.63. The summed E-state index contributed by atoms with van der Waals surface area (Å²) in [7, 11) is -2.16. The van der Waals surface area contributed by atoms with E-state index < -0.39 is 15.6 Å². The van der Waals surface area contributed by atoms with Gasteiger partial charge in [-0.15, -0.1) is 0 Å². The fourth-order valence-corrected chi connectivity index (χ4v) is 2.82. The van der Waals surface area contributed by atoms with E-state index in [2.05, 4.69) is 5.32 Å². The summed E-state index contributed by atoms with van der Waals surface area (Å²) in [5.41, 5.74) is 0.798. The molecule has 0 aliphatic rings. The fourth-order valence-electron chi connectivity index (χ4n) is 1.96. The van der Waals surface area contributed by atoms with Gasteiger partial charge < -0.3 is 10.1 Å². The van der Waals surface area contributed by atoms with E-state index in [-0.39, 0.29) is 12.5 Å². The summed E-state index contributed by atoms with van der Waals surface area (Å²) in [6.45, 7) is 7.06. The quantitative estimate of drug-likeness (QED) is 0.892. The number of hydrogen-bond donors (Lipinski definition) is 1. The topological polar surface area (TPSA) is 75.7 Å². The summed E-state index contributed by atoms with van der Waals surface area (Å²) < 4.78 is 30.5. The molecular formula is C15H24N2O4S. The van der Waals surface area contributed by atoms with Gasteiger partial charge in [-0.25, -0.2) is 8.42 Å². The van der Waals surface area contributed by atoms with Crippen molar-refractivity contribution in [3.05, 3.63) is 23.8 Å². The fraction of sp³-hybridized carbons (Fsp3) is 0.533. The second-order valence-corrected chi connectivity index (χ2v) is 8.15. The molecule has 0 atom stereocenters. The summed E-state index contributed by atoms with van der Waals surface area (Å²) >= 11 is 0. The van der Waals surface area contributed by atoms with E-state index in [1.54, 1.807) is 12.1 Å². The van der Waals surface area contributed by atoms with E-state index >= 15 is 0 Å². The number of carbonyl (C=O) groups excluding carboxylic acids is 1. The van der Waals surface area contributed by atoms with Gasteiger partial charge in [0.05, 0.1) is 19.1 Å². The molecule has 7 heteroatoms. The first-order chi connectivity index (χ1) is 9.94. The largest absolute Gasteiger partial charge is 0.495 e. The normalized spacial score (nSPS) is 11.9. The molecule has 6 nitrogen and oxygen atoms in total. The zero-order chi connectivity index (χ0) is 17.1. The van der Waals surface area contributed by atoms with Crippen molar-refractivity contribution in [3.63, 3.8) is 0 Å². The lowest BCUT2D eigenvalue weighted by Crippen LogP contribution is -2.47. The molecular weight excluding hydrogens is 304 g/mol. The molecule has 124 valence electrons. The number of nitrogens with one attached hydrogen (secondary N) is 1. The Morgan fingerprint density at radius 2 is 1.91 bits per heavy atom. The predicted molar refractivity (Wildman–Crippen MR) is 87.8 cm³/mol. The Kier molecular flexibility index (Phi) is 5.45. The molecule has 1 aromatic rings. The molecule has 1 amide bonds. The number of anilines is 1.